The zero-order valence-corrected chi connectivity index (χ0v) is 15.6. The molecule has 0 aromatic heterocycles. The lowest BCUT2D eigenvalue weighted by atomic mass is 10.1. The summed E-state index contributed by atoms with van der Waals surface area (Å²) in [6.07, 6.45) is 0. The molecule has 0 saturated carbocycles. The molecule has 8 heteroatoms. The number of ether oxygens (including phenoxy) is 3. The van der Waals surface area contributed by atoms with Crippen LogP contribution in [0.3, 0.4) is 0 Å². The van der Waals surface area contributed by atoms with E-state index >= 15 is 0 Å². The molecule has 0 unspecified atom stereocenters. The number of aromatic hydroxyl groups is 2. The molecule has 0 radical (unpaired) electrons. The van der Waals surface area contributed by atoms with Crippen LogP contribution in [0.1, 0.15) is 15.9 Å². The molecule has 7 nitrogen and oxygen atoms in total. The molecule has 0 amide bonds. The SMILES string of the molecule is O=C1OCC(OCCOC(=O)c2cc(O)ccc2O)=C1c1ccc(Br)cc1. The molecule has 2 aromatic rings. The van der Waals surface area contributed by atoms with E-state index < -0.39 is 11.9 Å². The van der Waals surface area contributed by atoms with Gasteiger partial charge < -0.3 is 24.4 Å². The number of esters is 2. The minimum absolute atomic E-state index is 0.00266. The van der Waals surface area contributed by atoms with Gasteiger partial charge in [0.2, 0.25) is 0 Å². The van der Waals surface area contributed by atoms with Gasteiger partial charge in [0.15, 0.2) is 0 Å². The molecule has 0 fully saturated rings. The number of rotatable bonds is 6. The number of halogens is 1. The van der Waals surface area contributed by atoms with Crippen molar-refractivity contribution in [2.24, 2.45) is 0 Å². The highest BCUT2D eigenvalue weighted by molar-refractivity contribution is 9.10. The normalized spacial score (nSPS) is 13.4. The highest BCUT2D eigenvalue weighted by Crippen LogP contribution is 2.28. The van der Waals surface area contributed by atoms with E-state index in [0.29, 0.717) is 16.9 Å². The minimum atomic E-state index is -0.798. The first-order valence-corrected chi connectivity index (χ1v) is 8.73. The maximum Gasteiger partial charge on any atom is 0.342 e. The highest BCUT2D eigenvalue weighted by Gasteiger charge is 2.27. The Hall–Kier alpha value is -3.00. The van der Waals surface area contributed by atoms with Crippen LogP contribution in [0.4, 0.5) is 0 Å². The smallest absolute Gasteiger partial charge is 0.342 e. The predicted octanol–water partition coefficient (Wildman–Crippen LogP) is 3.00. The van der Waals surface area contributed by atoms with E-state index in [4.69, 9.17) is 14.2 Å². The second-order valence-corrected chi connectivity index (χ2v) is 6.48. The number of phenols is 2. The lowest BCUT2D eigenvalue weighted by Gasteiger charge is -2.09. The number of cyclic esters (lactones) is 1. The standard InChI is InChI=1S/C19H15BrO7/c20-12-3-1-11(2-4-12)17-16(10-27-19(17)24)25-7-8-26-18(23)14-9-13(21)5-6-15(14)22/h1-6,9,21-22H,7-8,10H2. The monoisotopic (exact) mass is 434 g/mol. The minimum Gasteiger partial charge on any atom is -0.508 e. The Kier molecular flexibility index (Phi) is 5.66. The Labute approximate surface area is 162 Å². The quantitative estimate of drug-likeness (QED) is 0.409. The van der Waals surface area contributed by atoms with Gasteiger partial charge in [-0.05, 0) is 35.9 Å². The zero-order chi connectivity index (χ0) is 19.4. The lowest BCUT2D eigenvalue weighted by molar-refractivity contribution is -0.134. The molecule has 0 bridgehead atoms. The molecular formula is C19H15BrO7. The van der Waals surface area contributed by atoms with Gasteiger partial charge in [-0.3, -0.25) is 0 Å². The summed E-state index contributed by atoms with van der Waals surface area (Å²) in [7, 11) is 0. The summed E-state index contributed by atoms with van der Waals surface area (Å²) in [6.45, 7) is -0.109. The fourth-order valence-corrected chi connectivity index (χ4v) is 2.73. The first-order valence-electron chi connectivity index (χ1n) is 7.94. The number of hydrogen-bond acceptors (Lipinski definition) is 7. The number of carbonyl (C=O) groups excluding carboxylic acids is 2. The maximum absolute atomic E-state index is 12.0. The van der Waals surface area contributed by atoms with Gasteiger partial charge in [-0.1, -0.05) is 28.1 Å². The Bertz CT molecular complexity index is 903. The van der Waals surface area contributed by atoms with Crippen molar-refractivity contribution in [3.8, 4) is 11.5 Å². The molecule has 1 aliphatic heterocycles. The van der Waals surface area contributed by atoms with Crippen LogP contribution in [0.15, 0.2) is 52.7 Å². The van der Waals surface area contributed by atoms with E-state index in [9.17, 15) is 19.8 Å². The molecule has 0 saturated heterocycles. The number of carbonyl (C=O) groups is 2. The van der Waals surface area contributed by atoms with Gasteiger partial charge in [-0.2, -0.15) is 0 Å². The third-order valence-electron chi connectivity index (χ3n) is 3.74. The molecule has 1 heterocycles. The maximum atomic E-state index is 12.0. The Morgan fingerprint density at radius 3 is 2.59 bits per heavy atom. The van der Waals surface area contributed by atoms with Crippen LogP contribution in [0.5, 0.6) is 11.5 Å². The van der Waals surface area contributed by atoms with E-state index in [1.807, 2.05) is 0 Å². The first kappa shape index (κ1) is 18.8. The molecular weight excluding hydrogens is 420 g/mol. The van der Waals surface area contributed by atoms with Crippen molar-refractivity contribution >= 4 is 33.4 Å². The summed E-state index contributed by atoms with van der Waals surface area (Å²) in [5.74, 6) is -1.38. The fraction of sp³-hybridized carbons (Fsp3) is 0.158. The third kappa shape index (κ3) is 4.40. The van der Waals surface area contributed by atoms with E-state index in [2.05, 4.69) is 15.9 Å². The average Bonchev–Trinajstić information content (AvgIpc) is 3.02. The molecule has 2 N–H and O–H groups in total. The second-order valence-electron chi connectivity index (χ2n) is 5.57. The van der Waals surface area contributed by atoms with E-state index in [1.54, 1.807) is 24.3 Å². The summed E-state index contributed by atoms with van der Waals surface area (Å²) < 4.78 is 16.5. The van der Waals surface area contributed by atoms with E-state index in [1.165, 1.54) is 12.1 Å². The molecule has 3 rings (SSSR count). The molecule has 1 aliphatic rings. The molecule has 2 aromatic carbocycles. The Balaban J connectivity index is 1.60. The average molecular weight is 435 g/mol. The van der Waals surface area contributed by atoms with Crippen molar-refractivity contribution < 1.29 is 34.0 Å². The van der Waals surface area contributed by atoms with Crippen molar-refractivity contribution in [3.05, 3.63) is 63.8 Å². The van der Waals surface area contributed by atoms with Crippen LogP contribution < -0.4 is 0 Å². The summed E-state index contributed by atoms with van der Waals surface area (Å²) in [5, 5.41) is 19.0. The molecule has 27 heavy (non-hydrogen) atoms. The lowest BCUT2D eigenvalue weighted by Crippen LogP contribution is -2.11. The summed E-state index contributed by atoms with van der Waals surface area (Å²) >= 11 is 3.33. The van der Waals surface area contributed by atoms with Gasteiger partial charge in [0.1, 0.15) is 48.2 Å². The van der Waals surface area contributed by atoms with E-state index in [0.717, 1.165) is 10.5 Å². The van der Waals surface area contributed by atoms with Gasteiger partial charge in [-0.25, -0.2) is 9.59 Å². The predicted molar refractivity (Wildman–Crippen MR) is 98.0 cm³/mol. The molecule has 140 valence electrons. The van der Waals surface area contributed by atoms with Crippen LogP contribution in [0, 0.1) is 0 Å². The van der Waals surface area contributed by atoms with Crippen LogP contribution in [0.25, 0.3) is 5.57 Å². The van der Waals surface area contributed by atoms with Gasteiger partial charge in [0, 0.05) is 4.47 Å². The van der Waals surface area contributed by atoms with Crippen LogP contribution in [-0.4, -0.2) is 42.0 Å². The van der Waals surface area contributed by atoms with Gasteiger partial charge in [-0.15, -0.1) is 0 Å². The topological polar surface area (TPSA) is 102 Å². The van der Waals surface area contributed by atoms with Gasteiger partial charge in [0.05, 0.1) is 0 Å². The van der Waals surface area contributed by atoms with Crippen molar-refractivity contribution in [2.75, 3.05) is 19.8 Å². The summed E-state index contributed by atoms with van der Waals surface area (Å²) in [6, 6.07) is 10.7. The fourth-order valence-electron chi connectivity index (χ4n) is 2.46. The van der Waals surface area contributed by atoms with Crippen molar-refractivity contribution in [2.45, 2.75) is 0 Å². The van der Waals surface area contributed by atoms with Gasteiger partial charge >= 0.3 is 11.9 Å². The zero-order valence-electron chi connectivity index (χ0n) is 14.0. The summed E-state index contributed by atoms with van der Waals surface area (Å²) in [4.78, 5) is 23.9. The molecule has 0 spiro atoms. The van der Waals surface area contributed by atoms with Gasteiger partial charge in [0.25, 0.3) is 0 Å². The largest absolute Gasteiger partial charge is 0.508 e. The first-order chi connectivity index (χ1) is 13.0. The van der Waals surface area contributed by atoms with Crippen molar-refractivity contribution in [3.63, 3.8) is 0 Å². The van der Waals surface area contributed by atoms with Crippen LogP contribution >= 0.6 is 15.9 Å². The summed E-state index contributed by atoms with van der Waals surface area (Å²) in [5.41, 5.74) is 0.848. The highest BCUT2D eigenvalue weighted by atomic mass is 79.9. The number of benzene rings is 2. The van der Waals surface area contributed by atoms with Crippen molar-refractivity contribution in [1.82, 2.24) is 0 Å². The number of hydrogen-bond donors (Lipinski definition) is 2. The Morgan fingerprint density at radius 1 is 1.11 bits per heavy atom. The second kappa shape index (κ2) is 8.13. The van der Waals surface area contributed by atoms with E-state index in [-0.39, 0.29) is 36.9 Å². The molecule has 0 aliphatic carbocycles. The Morgan fingerprint density at radius 2 is 1.85 bits per heavy atom. The number of phenolic OH excluding ortho intramolecular Hbond substituents is 2. The molecule has 0 atom stereocenters. The third-order valence-corrected chi connectivity index (χ3v) is 4.27. The van der Waals surface area contributed by atoms with Crippen molar-refractivity contribution in [1.29, 1.82) is 0 Å². The van der Waals surface area contributed by atoms with Crippen LogP contribution in [-0.2, 0) is 19.0 Å². The van der Waals surface area contributed by atoms with Crippen LogP contribution in [0.2, 0.25) is 0 Å².